The van der Waals surface area contributed by atoms with Crippen molar-refractivity contribution in [3.8, 4) is 0 Å². The summed E-state index contributed by atoms with van der Waals surface area (Å²) in [5.41, 5.74) is 0.575. The molecule has 0 aromatic heterocycles. The third-order valence-corrected chi connectivity index (χ3v) is 11.5. The first-order valence-corrected chi connectivity index (χ1v) is 13.5. The standard InChI is InChI=1S/C21H31BrFNO3Si/c1-13-18-17(12-25-28(6,7)21(3,4)5)27-24(20(18)14(2)26-13)11-15-9-8-10-16(22)19(15)23/h8-10,13,17-18,20H,2,11-12H2,1,3-7H3/t13-,17-,18+,20+/m0/s1. The number of fused-ring (bicyclic) bond motifs is 1. The van der Waals surface area contributed by atoms with Gasteiger partial charge in [0.2, 0.25) is 0 Å². The minimum Gasteiger partial charge on any atom is -0.493 e. The van der Waals surface area contributed by atoms with Gasteiger partial charge in [0.25, 0.3) is 0 Å². The van der Waals surface area contributed by atoms with Crippen LogP contribution in [0.5, 0.6) is 0 Å². The van der Waals surface area contributed by atoms with Crippen LogP contribution in [-0.2, 0) is 20.5 Å². The van der Waals surface area contributed by atoms with Crippen molar-refractivity contribution in [2.24, 2.45) is 5.92 Å². The molecule has 3 rings (SSSR count). The van der Waals surface area contributed by atoms with Crippen molar-refractivity contribution in [1.29, 1.82) is 0 Å². The van der Waals surface area contributed by atoms with E-state index in [-0.39, 0.29) is 35.0 Å². The molecule has 7 heteroatoms. The smallest absolute Gasteiger partial charge is 0.192 e. The molecule has 4 nitrogen and oxygen atoms in total. The van der Waals surface area contributed by atoms with E-state index >= 15 is 0 Å². The van der Waals surface area contributed by atoms with Gasteiger partial charge < -0.3 is 9.16 Å². The molecule has 0 radical (unpaired) electrons. The topological polar surface area (TPSA) is 30.9 Å². The highest BCUT2D eigenvalue weighted by Gasteiger charge is 2.54. The van der Waals surface area contributed by atoms with Crippen LogP contribution in [0.4, 0.5) is 4.39 Å². The van der Waals surface area contributed by atoms with Crippen molar-refractivity contribution in [1.82, 2.24) is 5.06 Å². The molecule has 156 valence electrons. The second-order valence-electron chi connectivity index (χ2n) is 9.31. The number of rotatable bonds is 5. The first-order valence-electron chi connectivity index (χ1n) is 9.78. The van der Waals surface area contributed by atoms with E-state index in [9.17, 15) is 4.39 Å². The third kappa shape index (κ3) is 4.10. The minimum absolute atomic E-state index is 0.0112. The molecule has 2 aliphatic rings. The Morgan fingerprint density at radius 1 is 1.32 bits per heavy atom. The quantitative estimate of drug-likeness (QED) is 0.519. The zero-order chi connectivity index (χ0) is 20.9. The Hall–Kier alpha value is -0.733. The number of nitrogens with zero attached hydrogens (tertiary/aromatic N) is 1. The van der Waals surface area contributed by atoms with Gasteiger partial charge in [-0.3, -0.25) is 4.84 Å². The van der Waals surface area contributed by atoms with Gasteiger partial charge in [0, 0.05) is 5.56 Å². The van der Waals surface area contributed by atoms with Crippen LogP contribution in [0.1, 0.15) is 33.3 Å². The Labute approximate surface area is 177 Å². The van der Waals surface area contributed by atoms with Crippen molar-refractivity contribution in [2.45, 2.75) is 70.6 Å². The van der Waals surface area contributed by atoms with Crippen LogP contribution >= 0.6 is 15.9 Å². The molecule has 0 unspecified atom stereocenters. The van der Waals surface area contributed by atoms with Crippen LogP contribution in [0, 0.1) is 11.7 Å². The molecule has 28 heavy (non-hydrogen) atoms. The van der Waals surface area contributed by atoms with Crippen LogP contribution in [0.3, 0.4) is 0 Å². The monoisotopic (exact) mass is 471 g/mol. The maximum atomic E-state index is 14.5. The van der Waals surface area contributed by atoms with Gasteiger partial charge >= 0.3 is 0 Å². The molecular formula is C21H31BrFNO3Si. The molecule has 1 aromatic rings. The molecule has 2 aliphatic heterocycles. The normalized spacial score (nSPS) is 28.5. The fourth-order valence-electron chi connectivity index (χ4n) is 3.65. The van der Waals surface area contributed by atoms with E-state index in [1.165, 1.54) is 0 Å². The van der Waals surface area contributed by atoms with Crippen molar-refractivity contribution in [3.05, 3.63) is 46.4 Å². The van der Waals surface area contributed by atoms with Crippen molar-refractivity contribution >= 4 is 24.2 Å². The molecule has 2 heterocycles. The number of ether oxygens (including phenoxy) is 1. The predicted octanol–water partition coefficient (Wildman–Crippen LogP) is 5.64. The molecule has 0 saturated carbocycles. The molecule has 0 aliphatic carbocycles. The van der Waals surface area contributed by atoms with Gasteiger partial charge in [0.05, 0.1) is 23.5 Å². The maximum absolute atomic E-state index is 14.5. The Bertz CT molecular complexity index is 752. The average molecular weight is 472 g/mol. The number of hydrogen-bond acceptors (Lipinski definition) is 4. The third-order valence-electron chi connectivity index (χ3n) is 6.36. The zero-order valence-corrected chi connectivity index (χ0v) is 20.2. The summed E-state index contributed by atoms with van der Waals surface area (Å²) in [4.78, 5) is 6.28. The summed E-state index contributed by atoms with van der Waals surface area (Å²) >= 11 is 3.26. The molecule has 0 N–H and O–H groups in total. The number of hydroxylamine groups is 2. The van der Waals surface area contributed by atoms with Gasteiger partial charge in [-0.15, -0.1) is 0 Å². The highest BCUT2D eigenvalue weighted by Crippen LogP contribution is 2.44. The molecule has 0 spiro atoms. The van der Waals surface area contributed by atoms with E-state index in [0.29, 0.717) is 28.9 Å². The van der Waals surface area contributed by atoms with Gasteiger partial charge in [-0.1, -0.05) is 39.5 Å². The Morgan fingerprint density at radius 2 is 2.00 bits per heavy atom. The minimum atomic E-state index is -1.90. The number of hydrogen-bond donors (Lipinski definition) is 0. The molecular weight excluding hydrogens is 441 g/mol. The Kier molecular flexibility index (Phi) is 6.14. The van der Waals surface area contributed by atoms with Crippen LogP contribution in [0.15, 0.2) is 35.0 Å². The van der Waals surface area contributed by atoms with Crippen molar-refractivity contribution < 1.29 is 18.4 Å². The second-order valence-corrected chi connectivity index (χ2v) is 15.0. The summed E-state index contributed by atoms with van der Waals surface area (Å²) < 4.78 is 27.3. The fraction of sp³-hybridized carbons (Fsp3) is 0.619. The van der Waals surface area contributed by atoms with Gasteiger partial charge in [-0.2, -0.15) is 5.06 Å². The van der Waals surface area contributed by atoms with Crippen LogP contribution < -0.4 is 0 Å². The highest BCUT2D eigenvalue weighted by molar-refractivity contribution is 9.10. The van der Waals surface area contributed by atoms with Gasteiger partial charge in [-0.05, 0) is 47.1 Å². The molecule has 0 amide bonds. The van der Waals surface area contributed by atoms with Crippen molar-refractivity contribution in [3.63, 3.8) is 0 Å². The molecule has 4 atom stereocenters. The lowest BCUT2D eigenvalue weighted by atomic mass is 9.92. The number of benzene rings is 1. The van der Waals surface area contributed by atoms with Crippen molar-refractivity contribution in [2.75, 3.05) is 6.61 Å². The molecule has 2 saturated heterocycles. The summed E-state index contributed by atoms with van der Waals surface area (Å²) in [7, 11) is -1.90. The molecule has 2 fully saturated rings. The summed E-state index contributed by atoms with van der Waals surface area (Å²) in [6.07, 6.45) is -0.147. The lowest BCUT2D eigenvalue weighted by Gasteiger charge is -2.37. The fourth-order valence-corrected chi connectivity index (χ4v) is 5.07. The van der Waals surface area contributed by atoms with Gasteiger partial charge in [0.15, 0.2) is 8.32 Å². The SMILES string of the molecule is C=C1O[C@@H](C)[C@@H]2[C@H](CO[Si](C)(C)C(C)(C)C)ON(Cc3cccc(Br)c3F)[C@H]12. The summed E-state index contributed by atoms with van der Waals surface area (Å²) in [5, 5.41) is 1.95. The first kappa shape index (κ1) is 22.0. The summed E-state index contributed by atoms with van der Waals surface area (Å²) in [6, 6.07) is 5.21. The maximum Gasteiger partial charge on any atom is 0.192 e. The zero-order valence-electron chi connectivity index (χ0n) is 17.6. The Morgan fingerprint density at radius 3 is 2.64 bits per heavy atom. The first-order chi connectivity index (χ1) is 12.9. The lowest BCUT2D eigenvalue weighted by Crippen LogP contribution is -2.44. The van der Waals surface area contributed by atoms with E-state index < -0.39 is 8.32 Å². The summed E-state index contributed by atoms with van der Waals surface area (Å²) in [6.45, 7) is 18.1. The van der Waals surface area contributed by atoms with Crippen LogP contribution in [0.2, 0.25) is 18.1 Å². The average Bonchev–Trinajstić information content (AvgIpc) is 3.08. The van der Waals surface area contributed by atoms with E-state index in [1.807, 2.05) is 18.1 Å². The van der Waals surface area contributed by atoms with Crippen LogP contribution in [0.25, 0.3) is 0 Å². The number of halogens is 2. The van der Waals surface area contributed by atoms with E-state index in [0.717, 1.165) is 0 Å². The lowest BCUT2D eigenvalue weighted by molar-refractivity contribution is -0.181. The Balaban J connectivity index is 1.78. The van der Waals surface area contributed by atoms with E-state index in [2.05, 4.69) is 56.4 Å². The predicted molar refractivity (Wildman–Crippen MR) is 115 cm³/mol. The van der Waals surface area contributed by atoms with E-state index in [1.54, 1.807) is 12.1 Å². The van der Waals surface area contributed by atoms with E-state index in [4.69, 9.17) is 14.0 Å². The van der Waals surface area contributed by atoms with Gasteiger partial charge in [-0.25, -0.2) is 4.39 Å². The largest absolute Gasteiger partial charge is 0.493 e. The van der Waals surface area contributed by atoms with Crippen LogP contribution in [-0.4, -0.2) is 38.2 Å². The molecule has 0 bridgehead atoms. The molecule has 1 aromatic carbocycles. The highest BCUT2D eigenvalue weighted by atomic mass is 79.9. The second kappa shape index (κ2) is 7.83. The summed E-state index contributed by atoms with van der Waals surface area (Å²) in [5.74, 6) is 0.538. The van der Waals surface area contributed by atoms with Gasteiger partial charge in [0.1, 0.15) is 29.8 Å².